The van der Waals surface area contributed by atoms with Crippen LogP contribution < -0.4 is 5.73 Å². The van der Waals surface area contributed by atoms with Crippen LogP contribution in [0.4, 0.5) is 13.2 Å². The highest BCUT2D eigenvalue weighted by Gasteiger charge is 2.31. The first-order chi connectivity index (χ1) is 8.52. The van der Waals surface area contributed by atoms with Crippen molar-refractivity contribution < 1.29 is 13.2 Å². The number of halogens is 3. The largest absolute Gasteiger partial charge is 0.416 e. The van der Waals surface area contributed by atoms with Crippen molar-refractivity contribution in [3.63, 3.8) is 0 Å². The lowest BCUT2D eigenvalue weighted by Gasteiger charge is -2.22. The quantitative estimate of drug-likeness (QED) is 0.872. The standard InChI is InChI=1S/C14H18F3N/c15-14(16,17)12-7-5-11(6-8-12)13(9-18)10-3-1-2-4-10/h5-8,10,13H,1-4,9,18H2. The molecule has 2 N–H and O–H groups in total. The Balaban J connectivity index is 2.16. The second kappa shape index (κ2) is 5.31. The zero-order chi connectivity index (χ0) is 13.2. The highest BCUT2D eigenvalue weighted by molar-refractivity contribution is 5.28. The molecular formula is C14H18F3N. The van der Waals surface area contributed by atoms with Crippen molar-refractivity contribution in [3.05, 3.63) is 35.4 Å². The number of hydrogen-bond acceptors (Lipinski definition) is 1. The van der Waals surface area contributed by atoms with Crippen LogP contribution in [0, 0.1) is 5.92 Å². The van der Waals surface area contributed by atoms with Crippen LogP contribution in [0.25, 0.3) is 0 Å². The Hall–Kier alpha value is -1.03. The van der Waals surface area contributed by atoms with Crippen LogP contribution in [-0.4, -0.2) is 6.54 Å². The van der Waals surface area contributed by atoms with Crippen LogP contribution in [0.2, 0.25) is 0 Å². The fraction of sp³-hybridized carbons (Fsp3) is 0.571. The second-order valence-electron chi connectivity index (χ2n) is 5.01. The van der Waals surface area contributed by atoms with E-state index in [-0.39, 0.29) is 5.92 Å². The van der Waals surface area contributed by atoms with Gasteiger partial charge in [-0.3, -0.25) is 0 Å². The molecule has 0 heterocycles. The summed E-state index contributed by atoms with van der Waals surface area (Å²) in [7, 11) is 0. The van der Waals surface area contributed by atoms with E-state index in [4.69, 9.17) is 5.73 Å². The molecule has 0 aromatic heterocycles. The molecule has 0 amide bonds. The van der Waals surface area contributed by atoms with Gasteiger partial charge in [-0.15, -0.1) is 0 Å². The van der Waals surface area contributed by atoms with Crippen molar-refractivity contribution >= 4 is 0 Å². The van der Waals surface area contributed by atoms with E-state index in [1.165, 1.54) is 12.8 Å². The normalized spacial score (nSPS) is 19.1. The molecule has 0 spiro atoms. The molecule has 1 saturated carbocycles. The van der Waals surface area contributed by atoms with Gasteiger partial charge in [0.25, 0.3) is 0 Å². The van der Waals surface area contributed by atoms with E-state index in [0.717, 1.165) is 30.5 Å². The van der Waals surface area contributed by atoms with Crippen LogP contribution in [0.1, 0.15) is 42.7 Å². The third kappa shape index (κ3) is 2.86. The van der Waals surface area contributed by atoms with Crippen molar-refractivity contribution in [1.82, 2.24) is 0 Å². The molecule has 18 heavy (non-hydrogen) atoms. The van der Waals surface area contributed by atoms with Gasteiger partial charge in [0.15, 0.2) is 0 Å². The van der Waals surface area contributed by atoms with E-state index in [1.807, 2.05) is 0 Å². The minimum absolute atomic E-state index is 0.204. The molecule has 1 atom stereocenters. The van der Waals surface area contributed by atoms with E-state index in [2.05, 4.69) is 0 Å². The lowest BCUT2D eigenvalue weighted by Crippen LogP contribution is -2.20. The highest BCUT2D eigenvalue weighted by Crippen LogP contribution is 2.37. The predicted molar refractivity (Wildman–Crippen MR) is 65.2 cm³/mol. The maximum atomic E-state index is 12.5. The molecule has 1 unspecified atom stereocenters. The van der Waals surface area contributed by atoms with Gasteiger partial charge in [0.2, 0.25) is 0 Å². The Kier molecular flexibility index (Phi) is 3.95. The molecule has 4 heteroatoms. The molecule has 1 aliphatic rings. The highest BCUT2D eigenvalue weighted by atomic mass is 19.4. The maximum Gasteiger partial charge on any atom is 0.416 e. The Morgan fingerprint density at radius 1 is 1.11 bits per heavy atom. The van der Waals surface area contributed by atoms with Crippen molar-refractivity contribution in [3.8, 4) is 0 Å². The SMILES string of the molecule is NCC(c1ccc(C(F)(F)F)cc1)C1CCCC1. The summed E-state index contributed by atoms with van der Waals surface area (Å²) in [6.45, 7) is 0.510. The van der Waals surface area contributed by atoms with Crippen LogP contribution in [0.15, 0.2) is 24.3 Å². The lowest BCUT2D eigenvalue weighted by molar-refractivity contribution is -0.137. The Labute approximate surface area is 105 Å². The molecule has 0 saturated heterocycles. The second-order valence-corrected chi connectivity index (χ2v) is 5.01. The summed E-state index contributed by atoms with van der Waals surface area (Å²) in [5.74, 6) is 0.738. The third-order valence-corrected chi connectivity index (χ3v) is 3.89. The van der Waals surface area contributed by atoms with Crippen molar-refractivity contribution in [2.75, 3.05) is 6.54 Å². The minimum atomic E-state index is -4.26. The fourth-order valence-electron chi connectivity index (χ4n) is 2.88. The first-order valence-electron chi connectivity index (χ1n) is 6.39. The number of nitrogens with two attached hydrogens (primary N) is 1. The van der Waals surface area contributed by atoms with Crippen LogP contribution in [0.3, 0.4) is 0 Å². The monoisotopic (exact) mass is 257 g/mol. The van der Waals surface area contributed by atoms with E-state index in [0.29, 0.717) is 12.5 Å². The summed E-state index contributed by atoms with van der Waals surface area (Å²) in [5.41, 5.74) is 6.14. The smallest absolute Gasteiger partial charge is 0.330 e. The molecule has 1 nitrogen and oxygen atoms in total. The van der Waals surface area contributed by atoms with Gasteiger partial charge in [0.1, 0.15) is 0 Å². The molecule has 2 rings (SSSR count). The molecule has 0 aliphatic heterocycles. The molecule has 0 bridgehead atoms. The predicted octanol–water partition coefficient (Wildman–Crippen LogP) is 3.94. The summed E-state index contributed by atoms with van der Waals surface area (Å²) < 4.78 is 37.4. The van der Waals surface area contributed by atoms with Crippen molar-refractivity contribution in [2.24, 2.45) is 11.7 Å². The van der Waals surface area contributed by atoms with Gasteiger partial charge in [-0.25, -0.2) is 0 Å². The summed E-state index contributed by atoms with van der Waals surface area (Å²) in [5, 5.41) is 0. The van der Waals surface area contributed by atoms with Crippen molar-refractivity contribution in [1.29, 1.82) is 0 Å². The van der Waals surface area contributed by atoms with Gasteiger partial charge in [-0.1, -0.05) is 25.0 Å². The summed E-state index contributed by atoms with van der Waals surface area (Å²) >= 11 is 0. The first kappa shape index (κ1) is 13.4. The van der Waals surface area contributed by atoms with Crippen LogP contribution in [-0.2, 0) is 6.18 Å². The fourth-order valence-corrected chi connectivity index (χ4v) is 2.88. The molecule has 1 fully saturated rings. The zero-order valence-corrected chi connectivity index (χ0v) is 10.2. The number of hydrogen-bond donors (Lipinski definition) is 1. The Morgan fingerprint density at radius 3 is 2.11 bits per heavy atom. The van der Waals surface area contributed by atoms with Crippen molar-refractivity contribution in [2.45, 2.75) is 37.8 Å². The van der Waals surface area contributed by atoms with Gasteiger partial charge in [-0.2, -0.15) is 13.2 Å². The van der Waals surface area contributed by atoms with Gasteiger partial charge < -0.3 is 5.73 Å². The molecular weight excluding hydrogens is 239 g/mol. The van der Waals surface area contributed by atoms with E-state index in [9.17, 15) is 13.2 Å². The Morgan fingerprint density at radius 2 is 1.67 bits per heavy atom. The first-order valence-corrected chi connectivity index (χ1v) is 6.39. The van der Waals surface area contributed by atoms with Gasteiger partial charge in [0.05, 0.1) is 5.56 Å². The average molecular weight is 257 g/mol. The molecule has 100 valence electrons. The number of rotatable bonds is 3. The van der Waals surface area contributed by atoms with Crippen LogP contribution in [0.5, 0.6) is 0 Å². The van der Waals surface area contributed by atoms with Crippen LogP contribution >= 0.6 is 0 Å². The van der Waals surface area contributed by atoms with Gasteiger partial charge >= 0.3 is 6.18 Å². The summed E-state index contributed by atoms with van der Waals surface area (Å²) in [6.07, 6.45) is 0.444. The summed E-state index contributed by atoms with van der Waals surface area (Å²) in [6, 6.07) is 5.48. The van der Waals surface area contributed by atoms with Gasteiger partial charge in [-0.05, 0) is 48.9 Å². The Bertz CT molecular complexity index is 377. The van der Waals surface area contributed by atoms with E-state index < -0.39 is 11.7 Å². The van der Waals surface area contributed by atoms with Gasteiger partial charge in [0, 0.05) is 0 Å². The third-order valence-electron chi connectivity index (χ3n) is 3.89. The topological polar surface area (TPSA) is 26.0 Å². The molecule has 1 aromatic carbocycles. The number of benzene rings is 1. The summed E-state index contributed by atoms with van der Waals surface area (Å²) in [4.78, 5) is 0. The number of alkyl halides is 3. The molecule has 0 radical (unpaired) electrons. The average Bonchev–Trinajstić information content (AvgIpc) is 2.83. The lowest BCUT2D eigenvalue weighted by atomic mass is 9.84. The zero-order valence-electron chi connectivity index (χ0n) is 10.2. The maximum absolute atomic E-state index is 12.5. The molecule has 1 aromatic rings. The van der Waals surface area contributed by atoms with E-state index in [1.54, 1.807) is 12.1 Å². The minimum Gasteiger partial charge on any atom is -0.330 e. The van der Waals surface area contributed by atoms with E-state index >= 15 is 0 Å². The molecule has 1 aliphatic carbocycles.